The van der Waals surface area contributed by atoms with Crippen LogP contribution in [0.2, 0.25) is 0 Å². The molecule has 2 atom stereocenters. The first-order valence-electron chi connectivity index (χ1n) is 6.71. The molecule has 0 spiro atoms. The van der Waals surface area contributed by atoms with Crippen LogP contribution in [-0.2, 0) is 9.53 Å². The lowest BCUT2D eigenvalue weighted by Gasteiger charge is -2.36. The molecule has 0 amide bonds. The summed E-state index contributed by atoms with van der Waals surface area (Å²) in [6, 6.07) is 8.28. The summed E-state index contributed by atoms with van der Waals surface area (Å²) < 4.78 is 6.05. The van der Waals surface area contributed by atoms with E-state index >= 15 is 0 Å². The third-order valence-corrected chi connectivity index (χ3v) is 4.47. The average Bonchev–Trinajstić information content (AvgIpc) is 2.46. The van der Waals surface area contributed by atoms with E-state index in [2.05, 4.69) is 39.9 Å². The van der Waals surface area contributed by atoms with Gasteiger partial charge in [-0.05, 0) is 43.1 Å². The van der Waals surface area contributed by atoms with Crippen LogP contribution in [0.1, 0.15) is 24.8 Å². The zero-order chi connectivity index (χ0) is 13.8. The van der Waals surface area contributed by atoms with Gasteiger partial charge in [0.1, 0.15) is 0 Å². The van der Waals surface area contributed by atoms with E-state index in [0.29, 0.717) is 0 Å². The fraction of sp³-hybridized carbons (Fsp3) is 0.533. The summed E-state index contributed by atoms with van der Waals surface area (Å²) in [6.45, 7) is 4.96. The Morgan fingerprint density at radius 1 is 1.42 bits per heavy atom. The highest BCUT2D eigenvalue weighted by molar-refractivity contribution is 9.10. The molecule has 1 heterocycles. The lowest BCUT2D eigenvalue weighted by atomic mass is 9.80. The van der Waals surface area contributed by atoms with Crippen molar-refractivity contribution in [3.05, 3.63) is 34.3 Å². The van der Waals surface area contributed by atoms with Gasteiger partial charge < -0.3 is 9.64 Å². The van der Waals surface area contributed by atoms with Crippen molar-refractivity contribution in [2.45, 2.75) is 19.3 Å². The quantitative estimate of drug-likeness (QED) is 0.800. The summed E-state index contributed by atoms with van der Waals surface area (Å²) in [7, 11) is 1.48. The Hall–Kier alpha value is -0.870. The van der Waals surface area contributed by atoms with E-state index in [1.807, 2.05) is 12.1 Å². The van der Waals surface area contributed by atoms with Crippen molar-refractivity contribution in [1.29, 1.82) is 0 Å². The number of carbonyl (C=O) groups excluding carboxylic acids is 1. The molecule has 19 heavy (non-hydrogen) atoms. The van der Waals surface area contributed by atoms with Gasteiger partial charge in [0.2, 0.25) is 0 Å². The number of nitrogens with zero attached hydrogens (tertiary/aromatic N) is 1. The number of rotatable bonds is 3. The highest BCUT2D eigenvalue weighted by Gasteiger charge is 2.35. The van der Waals surface area contributed by atoms with E-state index in [9.17, 15) is 4.79 Å². The number of hydrogen-bond acceptors (Lipinski definition) is 3. The van der Waals surface area contributed by atoms with E-state index in [0.717, 1.165) is 30.5 Å². The number of benzene rings is 1. The number of halogens is 1. The average molecular weight is 326 g/mol. The fourth-order valence-corrected chi connectivity index (χ4v) is 3.07. The summed E-state index contributed by atoms with van der Waals surface area (Å²) in [5.74, 6) is 0.120. The number of carbonyl (C=O) groups is 1. The van der Waals surface area contributed by atoms with Crippen LogP contribution in [0.5, 0.6) is 0 Å². The first kappa shape index (κ1) is 14.5. The molecule has 4 heteroatoms. The van der Waals surface area contributed by atoms with Gasteiger partial charge in [-0.15, -0.1) is 0 Å². The van der Waals surface area contributed by atoms with Crippen molar-refractivity contribution in [1.82, 2.24) is 4.90 Å². The van der Waals surface area contributed by atoms with Crippen molar-refractivity contribution in [2.75, 3.05) is 26.7 Å². The van der Waals surface area contributed by atoms with Gasteiger partial charge in [0, 0.05) is 11.0 Å². The van der Waals surface area contributed by atoms with Crippen LogP contribution in [0, 0.1) is 5.92 Å². The maximum atomic E-state index is 12.0. The molecule has 1 aromatic carbocycles. The minimum absolute atomic E-state index is 0.0557. The molecule has 3 nitrogen and oxygen atoms in total. The topological polar surface area (TPSA) is 29.5 Å². The predicted molar refractivity (Wildman–Crippen MR) is 79.1 cm³/mol. The third-order valence-electron chi connectivity index (χ3n) is 3.95. The van der Waals surface area contributed by atoms with E-state index in [4.69, 9.17) is 4.74 Å². The fourth-order valence-electron chi connectivity index (χ4n) is 2.81. The van der Waals surface area contributed by atoms with Gasteiger partial charge in [-0.1, -0.05) is 35.0 Å². The molecule has 2 rings (SSSR count). The smallest absolute Gasteiger partial charge is 0.310 e. The Bertz CT molecular complexity index is 432. The summed E-state index contributed by atoms with van der Waals surface area (Å²) in [6.07, 6.45) is 1.01. The highest BCUT2D eigenvalue weighted by atomic mass is 79.9. The molecule has 0 aromatic heterocycles. The van der Waals surface area contributed by atoms with Crippen LogP contribution < -0.4 is 0 Å². The number of likely N-dealkylation sites (tertiary alicyclic amines) is 1. The molecule has 2 unspecified atom stereocenters. The first-order valence-corrected chi connectivity index (χ1v) is 7.50. The first-order chi connectivity index (χ1) is 9.15. The molecule has 104 valence electrons. The van der Waals surface area contributed by atoms with Crippen molar-refractivity contribution >= 4 is 21.9 Å². The molecular weight excluding hydrogens is 306 g/mol. The second kappa shape index (κ2) is 6.53. The standard InChI is InChI=1S/C15H20BrNO2/c1-3-17-9-8-13(14(10-17)15(18)19-2)11-4-6-12(16)7-5-11/h4-7,13-14H,3,8-10H2,1-2H3. The molecule has 0 radical (unpaired) electrons. The second-order valence-corrected chi connectivity index (χ2v) is 5.89. The SMILES string of the molecule is CCN1CCC(c2ccc(Br)cc2)C(C(=O)OC)C1. The summed E-state index contributed by atoms with van der Waals surface area (Å²) in [5.41, 5.74) is 1.23. The Kier molecular flexibility index (Phi) is 4.99. The maximum Gasteiger partial charge on any atom is 0.310 e. The van der Waals surface area contributed by atoms with Gasteiger partial charge in [-0.25, -0.2) is 0 Å². The number of esters is 1. The molecule has 1 aromatic rings. The number of hydrogen-bond donors (Lipinski definition) is 0. The van der Waals surface area contributed by atoms with Gasteiger partial charge in [-0.3, -0.25) is 4.79 Å². The van der Waals surface area contributed by atoms with Crippen LogP contribution in [0.3, 0.4) is 0 Å². The largest absolute Gasteiger partial charge is 0.469 e. The van der Waals surface area contributed by atoms with E-state index in [1.54, 1.807) is 0 Å². The van der Waals surface area contributed by atoms with E-state index in [1.165, 1.54) is 12.7 Å². The lowest BCUT2D eigenvalue weighted by molar-refractivity contribution is -0.148. The van der Waals surface area contributed by atoms with E-state index < -0.39 is 0 Å². The molecule has 0 bridgehead atoms. The van der Waals surface area contributed by atoms with E-state index in [-0.39, 0.29) is 17.8 Å². The van der Waals surface area contributed by atoms with Crippen LogP contribution in [0.4, 0.5) is 0 Å². The van der Waals surface area contributed by atoms with Gasteiger partial charge in [-0.2, -0.15) is 0 Å². The summed E-state index contributed by atoms with van der Waals surface area (Å²) in [5, 5.41) is 0. The minimum Gasteiger partial charge on any atom is -0.469 e. The molecule has 0 saturated carbocycles. The number of ether oxygens (including phenoxy) is 1. The predicted octanol–water partition coefficient (Wildman–Crippen LogP) is 3.05. The van der Waals surface area contributed by atoms with Crippen LogP contribution in [0.15, 0.2) is 28.7 Å². The van der Waals surface area contributed by atoms with Gasteiger partial charge >= 0.3 is 5.97 Å². The number of methoxy groups -OCH3 is 1. The summed E-state index contributed by atoms with van der Waals surface area (Å²) >= 11 is 3.45. The van der Waals surface area contributed by atoms with Gasteiger partial charge in [0.25, 0.3) is 0 Å². The molecule has 1 aliphatic rings. The van der Waals surface area contributed by atoms with Crippen molar-refractivity contribution in [3.63, 3.8) is 0 Å². The maximum absolute atomic E-state index is 12.0. The lowest BCUT2D eigenvalue weighted by Crippen LogP contribution is -2.43. The van der Waals surface area contributed by atoms with Crippen molar-refractivity contribution in [3.8, 4) is 0 Å². The monoisotopic (exact) mass is 325 g/mol. The van der Waals surface area contributed by atoms with Crippen molar-refractivity contribution in [2.24, 2.45) is 5.92 Å². The zero-order valence-corrected chi connectivity index (χ0v) is 13.0. The van der Waals surface area contributed by atoms with Gasteiger partial charge in [0.05, 0.1) is 13.0 Å². The molecule has 0 N–H and O–H groups in total. The number of piperidine rings is 1. The highest BCUT2D eigenvalue weighted by Crippen LogP contribution is 2.34. The molecule has 1 saturated heterocycles. The second-order valence-electron chi connectivity index (χ2n) is 4.97. The van der Waals surface area contributed by atoms with Crippen LogP contribution in [-0.4, -0.2) is 37.6 Å². The zero-order valence-electron chi connectivity index (χ0n) is 11.4. The Balaban J connectivity index is 2.21. The molecule has 1 aliphatic heterocycles. The Morgan fingerprint density at radius 2 is 2.11 bits per heavy atom. The van der Waals surface area contributed by atoms with Crippen molar-refractivity contribution < 1.29 is 9.53 Å². The molecular formula is C15H20BrNO2. The Morgan fingerprint density at radius 3 is 2.68 bits per heavy atom. The molecule has 0 aliphatic carbocycles. The van der Waals surface area contributed by atoms with Crippen LogP contribution in [0.25, 0.3) is 0 Å². The van der Waals surface area contributed by atoms with Crippen LogP contribution >= 0.6 is 15.9 Å². The summed E-state index contributed by atoms with van der Waals surface area (Å²) in [4.78, 5) is 14.3. The normalized spacial score (nSPS) is 24.2. The molecule has 1 fully saturated rings. The van der Waals surface area contributed by atoms with Gasteiger partial charge in [0.15, 0.2) is 0 Å². The third kappa shape index (κ3) is 3.37. The minimum atomic E-state index is -0.0916. The Labute approximate surface area is 123 Å².